The molecule has 0 amide bonds. The van der Waals surface area contributed by atoms with Crippen molar-refractivity contribution in [2.75, 3.05) is 5.32 Å². The van der Waals surface area contributed by atoms with Crippen LogP contribution in [0.2, 0.25) is 0 Å². The van der Waals surface area contributed by atoms with Gasteiger partial charge in [0.25, 0.3) is 0 Å². The Morgan fingerprint density at radius 2 is 2.12 bits per heavy atom. The number of hydrogen-bond donors (Lipinski definition) is 3. The van der Waals surface area contributed by atoms with E-state index in [0.29, 0.717) is 30.2 Å². The summed E-state index contributed by atoms with van der Waals surface area (Å²) in [6.07, 6.45) is 5.65. The summed E-state index contributed by atoms with van der Waals surface area (Å²) in [7, 11) is 0. The molecule has 1 fully saturated rings. The Kier molecular flexibility index (Phi) is 6.26. The number of aliphatic hydroxyl groups is 1. The van der Waals surface area contributed by atoms with Crippen LogP contribution in [-0.2, 0) is 16.8 Å². The number of nitrogens with one attached hydrogen (secondary N) is 1. The fourth-order valence-electron chi connectivity index (χ4n) is 4.42. The van der Waals surface area contributed by atoms with Gasteiger partial charge in [-0.2, -0.15) is 0 Å². The monoisotopic (exact) mass is 452 g/mol. The maximum atomic E-state index is 11.4. The van der Waals surface area contributed by atoms with Crippen molar-refractivity contribution in [1.82, 2.24) is 15.0 Å². The molecule has 2 aromatic heterocycles. The minimum atomic E-state index is -1.08. The summed E-state index contributed by atoms with van der Waals surface area (Å²) in [5.74, 6) is -0.738. The molecular formula is C24H28N4O3S. The minimum Gasteiger partial charge on any atom is -0.481 e. The summed E-state index contributed by atoms with van der Waals surface area (Å²) < 4.78 is 0. The molecule has 0 saturated heterocycles. The lowest BCUT2D eigenvalue weighted by molar-refractivity contribution is -0.148. The van der Waals surface area contributed by atoms with E-state index in [1.807, 2.05) is 32.0 Å². The van der Waals surface area contributed by atoms with Crippen molar-refractivity contribution in [3.63, 3.8) is 0 Å². The largest absolute Gasteiger partial charge is 0.481 e. The molecule has 0 aliphatic heterocycles. The van der Waals surface area contributed by atoms with Crippen LogP contribution in [0.1, 0.15) is 49.4 Å². The topological polar surface area (TPSA) is 108 Å². The molecule has 0 radical (unpaired) electrons. The maximum absolute atomic E-state index is 11.4. The Morgan fingerprint density at radius 3 is 2.84 bits per heavy atom. The predicted molar refractivity (Wildman–Crippen MR) is 125 cm³/mol. The third-order valence-electron chi connectivity index (χ3n) is 6.13. The molecule has 1 aliphatic rings. The van der Waals surface area contributed by atoms with Gasteiger partial charge in [0.1, 0.15) is 10.6 Å². The Labute approximate surface area is 191 Å². The van der Waals surface area contributed by atoms with Crippen molar-refractivity contribution in [3.8, 4) is 10.4 Å². The zero-order valence-corrected chi connectivity index (χ0v) is 19.3. The second-order valence-electron chi connectivity index (χ2n) is 8.66. The number of carboxylic acids is 1. The number of benzene rings is 1. The minimum absolute atomic E-state index is 0.104. The van der Waals surface area contributed by atoms with Gasteiger partial charge in [0.2, 0.25) is 5.95 Å². The quantitative estimate of drug-likeness (QED) is 0.487. The molecule has 2 heterocycles. The average molecular weight is 453 g/mol. The van der Waals surface area contributed by atoms with Crippen LogP contribution in [0.3, 0.4) is 0 Å². The van der Waals surface area contributed by atoms with Gasteiger partial charge in [-0.3, -0.25) is 4.79 Å². The third kappa shape index (κ3) is 4.66. The van der Waals surface area contributed by atoms with Crippen LogP contribution in [-0.4, -0.2) is 31.1 Å². The van der Waals surface area contributed by atoms with E-state index < -0.39 is 17.5 Å². The first-order valence-corrected chi connectivity index (χ1v) is 11.7. The Hall–Kier alpha value is -2.84. The molecule has 32 heavy (non-hydrogen) atoms. The lowest BCUT2D eigenvalue weighted by Gasteiger charge is -2.37. The molecule has 4 rings (SSSR count). The first-order chi connectivity index (χ1) is 15.3. The van der Waals surface area contributed by atoms with Gasteiger partial charge in [0.15, 0.2) is 0 Å². The van der Waals surface area contributed by atoms with E-state index in [2.05, 4.69) is 33.3 Å². The summed E-state index contributed by atoms with van der Waals surface area (Å²) in [6.45, 7) is 5.98. The number of aliphatic carboxylic acids is 1. The van der Waals surface area contributed by atoms with E-state index in [9.17, 15) is 15.0 Å². The molecule has 1 aliphatic carbocycles. The summed E-state index contributed by atoms with van der Waals surface area (Å²) in [4.78, 5) is 25.7. The molecule has 3 atom stereocenters. The van der Waals surface area contributed by atoms with E-state index in [1.54, 1.807) is 12.4 Å². The first-order valence-electron chi connectivity index (χ1n) is 10.9. The number of aromatic nitrogens is 3. The van der Waals surface area contributed by atoms with E-state index >= 15 is 0 Å². The maximum Gasteiger partial charge on any atom is 0.306 e. The summed E-state index contributed by atoms with van der Waals surface area (Å²) in [5, 5.41) is 24.6. The van der Waals surface area contributed by atoms with Crippen LogP contribution in [0.25, 0.3) is 10.4 Å². The van der Waals surface area contributed by atoms with Crippen molar-refractivity contribution < 1.29 is 15.0 Å². The number of hydrogen-bond acceptors (Lipinski definition) is 7. The molecule has 0 spiro atoms. The van der Waals surface area contributed by atoms with Crippen LogP contribution in [0.5, 0.6) is 0 Å². The van der Waals surface area contributed by atoms with E-state index in [-0.39, 0.29) is 5.92 Å². The van der Waals surface area contributed by atoms with Crippen LogP contribution < -0.4 is 5.32 Å². The van der Waals surface area contributed by atoms with Crippen molar-refractivity contribution in [2.24, 2.45) is 11.8 Å². The number of carboxylic acid groups (broad SMARTS) is 1. The second-order valence-corrected chi connectivity index (χ2v) is 9.69. The molecule has 3 N–H and O–H groups in total. The molecule has 8 heteroatoms. The van der Waals surface area contributed by atoms with Gasteiger partial charge >= 0.3 is 5.97 Å². The fraction of sp³-hybridized carbons (Fsp3) is 0.417. The molecule has 0 bridgehead atoms. The van der Waals surface area contributed by atoms with Gasteiger partial charge in [0, 0.05) is 23.8 Å². The van der Waals surface area contributed by atoms with Crippen LogP contribution in [0.4, 0.5) is 11.6 Å². The molecular weight excluding hydrogens is 424 g/mol. The van der Waals surface area contributed by atoms with Gasteiger partial charge in [-0.05, 0) is 67.9 Å². The van der Waals surface area contributed by atoms with Crippen LogP contribution in [0, 0.1) is 18.8 Å². The first kappa shape index (κ1) is 22.4. The molecule has 1 aromatic carbocycles. The molecule has 168 valence electrons. The lowest BCUT2D eigenvalue weighted by atomic mass is 9.72. The highest BCUT2D eigenvalue weighted by atomic mass is 32.1. The zero-order chi connectivity index (χ0) is 22.9. The number of nitrogens with zero attached hydrogens (tertiary/aromatic N) is 3. The van der Waals surface area contributed by atoms with E-state index in [4.69, 9.17) is 0 Å². The van der Waals surface area contributed by atoms with Gasteiger partial charge < -0.3 is 15.5 Å². The predicted octanol–water partition coefficient (Wildman–Crippen LogP) is 4.92. The van der Waals surface area contributed by atoms with Gasteiger partial charge in [0.05, 0.1) is 10.8 Å². The number of aryl methyl sites for hydroxylation is 2. The number of thiazole rings is 1. The van der Waals surface area contributed by atoms with Gasteiger partial charge in [-0.25, -0.2) is 15.0 Å². The summed E-state index contributed by atoms with van der Waals surface area (Å²) in [6, 6.07) is 8.05. The summed E-state index contributed by atoms with van der Waals surface area (Å²) in [5.41, 5.74) is 2.87. The highest BCUT2D eigenvalue weighted by molar-refractivity contribution is 7.15. The third-order valence-corrected chi connectivity index (χ3v) is 7.37. The van der Waals surface area contributed by atoms with Crippen molar-refractivity contribution in [3.05, 3.63) is 52.9 Å². The Bertz CT molecular complexity index is 1130. The second kappa shape index (κ2) is 8.96. The van der Waals surface area contributed by atoms with Crippen LogP contribution >= 0.6 is 11.3 Å². The summed E-state index contributed by atoms with van der Waals surface area (Å²) >= 11 is 1.47. The zero-order valence-electron chi connectivity index (χ0n) is 18.5. The van der Waals surface area contributed by atoms with Gasteiger partial charge in [-0.1, -0.05) is 19.9 Å². The normalized spacial score (nSPS) is 23.1. The smallest absolute Gasteiger partial charge is 0.306 e. The molecule has 3 aromatic rings. The van der Waals surface area contributed by atoms with Crippen LogP contribution in [0.15, 0.2) is 36.7 Å². The van der Waals surface area contributed by atoms with Crippen molar-refractivity contribution in [1.29, 1.82) is 0 Å². The Morgan fingerprint density at radius 1 is 1.31 bits per heavy atom. The number of rotatable bonds is 6. The SMILES string of the molecule is CCc1ccnc(Nc2cc(C)cc(-c3cnc([C@]4(O)CC[C@@H](C(=O)O)[C@@H](C)C4)s3)c2)n1. The van der Waals surface area contributed by atoms with Crippen molar-refractivity contribution >= 4 is 28.9 Å². The van der Waals surface area contributed by atoms with Crippen molar-refractivity contribution in [2.45, 2.75) is 52.1 Å². The molecule has 7 nitrogen and oxygen atoms in total. The number of anilines is 2. The highest BCUT2D eigenvalue weighted by Crippen LogP contribution is 2.45. The van der Waals surface area contributed by atoms with E-state index in [0.717, 1.165) is 33.8 Å². The average Bonchev–Trinajstić information content (AvgIpc) is 3.24. The number of carbonyl (C=O) groups is 1. The highest BCUT2D eigenvalue weighted by Gasteiger charge is 2.43. The molecule has 0 unspecified atom stereocenters. The van der Waals surface area contributed by atoms with Gasteiger partial charge in [-0.15, -0.1) is 11.3 Å². The lowest BCUT2D eigenvalue weighted by Crippen LogP contribution is -2.38. The fourth-order valence-corrected chi connectivity index (χ4v) is 5.45. The Balaban J connectivity index is 1.57. The van der Waals surface area contributed by atoms with E-state index in [1.165, 1.54) is 11.3 Å². The molecule has 1 saturated carbocycles. The standard InChI is InChI=1S/C24H28N4O3S/c1-4-17-6-8-25-23(27-17)28-18-10-14(2)9-16(11-18)20-13-26-22(32-20)24(31)7-5-19(21(29)30)15(3)12-24/h6,8-11,13,15,19,31H,4-5,7,12H2,1-3H3,(H,29,30)(H,25,27,28)/t15-,19+,24-/m0/s1.